The first-order valence-corrected chi connectivity index (χ1v) is 6.53. The van der Waals surface area contributed by atoms with Gasteiger partial charge in [-0.3, -0.25) is 15.1 Å². The van der Waals surface area contributed by atoms with Gasteiger partial charge < -0.3 is 5.32 Å². The second-order valence-corrected chi connectivity index (χ2v) is 4.80. The molecule has 1 N–H and O–H groups in total. The Balaban J connectivity index is 2.07. The van der Waals surface area contributed by atoms with Crippen LogP contribution in [-0.4, -0.2) is 9.91 Å². The van der Waals surface area contributed by atoms with E-state index < -0.39 is 4.92 Å². The van der Waals surface area contributed by atoms with E-state index in [2.05, 4.69) is 10.3 Å². The molecule has 2 rings (SSSR count). The standard InChI is InChI=1S/C14H14ClN3O2/c1-10(14-4-2-3-7-16-14)17-9-11-8-12(18(19)20)5-6-13(11)15/h2-8,10,17H,9H2,1H3/t10-/m0/s1. The summed E-state index contributed by atoms with van der Waals surface area (Å²) in [6.45, 7) is 2.42. The molecule has 0 fully saturated rings. The molecule has 104 valence electrons. The Morgan fingerprint density at radius 1 is 1.40 bits per heavy atom. The number of nitrogens with zero attached hydrogens (tertiary/aromatic N) is 2. The molecule has 6 heteroatoms. The predicted molar refractivity (Wildman–Crippen MR) is 77.6 cm³/mol. The van der Waals surface area contributed by atoms with Crippen molar-refractivity contribution in [3.05, 3.63) is 69.0 Å². The number of pyridine rings is 1. The first-order chi connectivity index (χ1) is 9.58. The van der Waals surface area contributed by atoms with Crippen LogP contribution in [0.2, 0.25) is 5.02 Å². The molecule has 0 unspecified atom stereocenters. The van der Waals surface area contributed by atoms with Crippen LogP contribution in [0, 0.1) is 10.1 Å². The van der Waals surface area contributed by atoms with Gasteiger partial charge in [0.15, 0.2) is 0 Å². The second kappa shape index (κ2) is 6.45. The van der Waals surface area contributed by atoms with Gasteiger partial charge in [-0.15, -0.1) is 0 Å². The molecule has 1 aromatic heterocycles. The Morgan fingerprint density at radius 3 is 2.85 bits per heavy atom. The van der Waals surface area contributed by atoms with Gasteiger partial charge in [-0.2, -0.15) is 0 Å². The number of rotatable bonds is 5. The molecule has 1 heterocycles. The SMILES string of the molecule is C[C@H](NCc1cc([N+](=O)[O-])ccc1Cl)c1ccccn1. The fourth-order valence-electron chi connectivity index (χ4n) is 1.81. The molecular formula is C14H14ClN3O2. The monoisotopic (exact) mass is 291 g/mol. The van der Waals surface area contributed by atoms with Gasteiger partial charge in [0, 0.05) is 35.9 Å². The number of nitro groups is 1. The first kappa shape index (κ1) is 14.4. The Kier molecular flexibility index (Phi) is 4.65. The lowest BCUT2D eigenvalue weighted by Crippen LogP contribution is -2.19. The molecule has 1 aromatic carbocycles. The molecule has 0 aliphatic carbocycles. The maximum atomic E-state index is 10.8. The summed E-state index contributed by atoms with van der Waals surface area (Å²) < 4.78 is 0. The van der Waals surface area contributed by atoms with Crippen molar-refractivity contribution in [1.82, 2.24) is 10.3 Å². The van der Waals surface area contributed by atoms with Crippen LogP contribution >= 0.6 is 11.6 Å². The lowest BCUT2D eigenvalue weighted by Gasteiger charge is -2.13. The van der Waals surface area contributed by atoms with Crippen molar-refractivity contribution in [2.24, 2.45) is 0 Å². The van der Waals surface area contributed by atoms with Crippen LogP contribution in [0.25, 0.3) is 0 Å². The van der Waals surface area contributed by atoms with E-state index >= 15 is 0 Å². The zero-order chi connectivity index (χ0) is 14.5. The lowest BCUT2D eigenvalue weighted by molar-refractivity contribution is -0.384. The highest BCUT2D eigenvalue weighted by molar-refractivity contribution is 6.31. The molecule has 0 saturated carbocycles. The van der Waals surface area contributed by atoms with Gasteiger partial charge in [-0.1, -0.05) is 17.7 Å². The number of benzene rings is 1. The minimum Gasteiger partial charge on any atom is -0.305 e. The van der Waals surface area contributed by atoms with Crippen molar-refractivity contribution in [1.29, 1.82) is 0 Å². The van der Waals surface area contributed by atoms with Crippen LogP contribution in [0.1, 0.15) is 24.2 Å². The molecule has 0 bridgehead atoms. The largest absolute Gasteiger partial charge is 0.305 e. The van der Waals surface area contributed by atoms with E-state index in [-0.39, 0.29) is 11.7 Å². The third-order valence-electron chi connectivity index (χ3n) is 2.97. The number of non-ortho nitro benzene ring substituents is 1. The summed E-state index contributed by atoms with van der Waals surface area (Å²) in [4.78, 5) is 14.6. The van der Waals surface area contributed by atoms with Gasteiger partial charge in [0.25, 0.3) is 5.69 Å². The summed E-state index contributed by atoms with van der Waals surface area (Å²) in [6, 6.07) is 10.2. The third-order valence-corrected chi connectivity index (χ3v) is 3.34. The molecule has 0 aliphatic rings. The number of hydrogen-bond donors (Lipinski definition) is 1. The zero-order valence-corrected chi connectivity index (χ0v) is 11.7. The average Bonchev–Trinajstić information content (AvgIpc) is 2.46. The van der Waals surface area contributed by atoms with Crippen LogP contribution in [0.15, 0.2) is 42.6 Å². The molecule has 20 heavy (non-hydrogen) atoms. The molecular weight excluding hydrogens is 278 g/mol. The highest BCUT2D eigenvalue weighted by Gasteiger charge is 2.11. The Hall–Kier alpha value is -1.98. The normalized spacial score (nSPS) is 12.1. The molecule has 0 saturated heterocycles. The Labute approximate surface area is 121 Å². The van der Waals surface area contributed by atoms with Crippen molar-refractivity contribution >= 4 is 17.3 Å². The fraction of sp³-hybridized carbons (Fsp3) is 0.214. The number of nitro benzene ring substituents is 1. The molecule has 2 aromatic rings. The van der Waals surface area contributed by atoms with Crippen molar-refractivity contribution < 1.29 is 4.92 Å². The van der Waals surface area contributed by atoms with Crippen LogP contribution in [0.5, 0.6) is 0 Å². The van der Waals surface area contributed by atoms with Crippen molar-refractivity contribution in [2.45, 2.75) is 19.5 Å². The molecule has 5 nitrogen and oxygen atoms in total. The van der Waals surface area contributed by atoms with Gasteiger partial charge in [0.05, 0.1) is 10.6 Å². The highest BCUT2D eigenvalue weighted by Crippen LogP contribution is 2.22. The lowest BCUT2D eigenvalue weighted by atomic mass is 10.1. The van der Waals surface area contributed by atoms with Crippen molar-refractivity contribution in [3.8, 4) is 0 Å². The van der Waals surface area contributed by atoms with Gasteiger partial charge in [-0.05, 0) is 30.7 Å². The Bertz CT molecular complexity index is 605. The van der Waals surface area contributed by atoms with Crippen LogP contribution in [-0.2, 0) is 6.54 Å². The summed E-state index contributed by atoms with van der Waals surface area (Å²) in [5.41, 5.74) is 1.65. The van der Waals surface area contributed by atoms with Crippen LogP contribution in [0.4, 0.5) is 5.69 Å². The summed E-state index contributed by atoms with van der Waals surface area (Å²) in [5.74, 6) is 0. The second-order valence-electron chi connectivity index (χ2n) is 4.39. The topological polar surface area (TPSA) is 68.1 Å². The van der Waals surface area contributed by atoms with Gasteiger partial charge in [0.2, 0.25) is 0 Å². The number of nitrogens with one attached hydrogen (secondary N) is 1. The molecule has 0 radical (unpaired) electrons. The van der Waals surface area contributed by atoms with E-state index in [0.29, 0.717) is 17.1 Å². The van der Waals surface area contributed by atoms with Gasteiger partial charge in [-0.25, -0.2) is 0 Å². The van der Waals surface area contributed by atoms with E-state index in [1.54, 1.807) is 12.3 Å². The molecule has 0 amide bonds. The minimum atomic E-state index is -0.429. The summed E-state index contributed by atoms with van der Waals surface area (Å²) in [6.07, 6.45) is 1.73. The Morgan fingerprint density at radius 2 is 2.20 bits per heavy atom. The number of hydrogen-bond acceptors (Lipinski definition) is 4. The van der Waals surface area contributed by atoms with E-state index in [1.807, 2.05) is 25.1 Å². The smallest absolute Gasteiger partial charge is 0.269 e. The van der Waals surface area contributed by atoms with E-state index in [0.717, 1.165) is 5.69 Å². The number of halogens is 1. The maximum absolute atomic E-state index is 10.8. The minimum absolute atomic E-state index is 0.0338. The van der Waals surface area contributed by atoms with Crippen LogP contribution < -0.4 is 5.32 Å². The maximum Gasteiger partial charge on any atom is 0.269 e. The van der Waals surface area contributed by atoms with Gasteiger partial charge in [0.1, 0.15) is 0 Å². The highest BCUT2D eigenvalue weighted by atomic mass is 35.5. The number of aromatic nitrogens is 1. The zero-order valence-electron chi connectivity index (χ0n) is 10.9. The summed E-state index contributed by atoms with van der Waals surface area (Å²) in [7, 11) is 0. The summed E-state index contributed by atoms with van der Waals surface area (Å²) in [5, 5.41) is 14.5. The average molecular weight is 292 g/mol. The quantitative estimate of drug-likeness (QED) is 0.676. The van der Waals surface area contributed by atoms with E-state index in [9.17, 15) is 10.1 Å². The first-order valence-electron chi connectivity index (χ1n) is 6.15. The fourth-order valence-corrected chi connectivity index (χ4v) is 1.99. The third kappa shape index (κ3) is 3.53. The predicted octanol–water partition coefficient (Wildman–Crippen LogP) is 3.49. The summed E-state index contributed by atoms with van der Waals surface area (Å²) >= 11 is 6.05. The molecule has 1 atom stereocenters. The van der Waals surface area contributed by atoms with Crippen molar-refractivity contribution in [2.75, 3.05) is 0 Å². The molecule has 0 spiro atoms. The molecule has 0 aliphatic heterocycles. The van der Waals surface area contributed by atoms with E-state index in [4.69, 9.17) is 11.6 Å². The van der Waals surface area contributed by atoms with Crippen LogP contribution in [0.3, 0.4) is 0 Å². The van der Waals surface area contributed by atoms with Crippen molar-refractivity contribution in [3.63, 3.8) is 0 Å². The van der Waals surface area contributed by atoms with E-state index in [1.165, 1.54) is 12.1 Å². The van der Waals surface area contributed by atoms with Gasteiger partial charge >= 0.3 is 0 Å².